The lowest BCUT2D eigenvalue weighted by Crippen LogP contribution is -1.89. The molecule has 0 atom stereocenters. The smallest absolute Gasteiger partial charge is 0.172 e. The summed E-state index contributed by atoms with van der Waals surface area (Å²) < 4.78 is 3.30. The van der Waals surface area contributed by atoms with Gasteiger partial charge >= 0.3 is 0 Å². The van der Waals surface area contributed by atoms with Crippen LogP contribution in [0, 0.1) is 6.92 Å². The second kappa shape index (κ2) is 6.65. The molecule has 0 N–H and O–H groups in total. The number of nitrogens with zero attached hydrogens (tertiary/aromatic N) is 2. The molecule has 0 bridgehead atoms. The van der Waals surface area contributed by atoms with E-state index in [1.54, 1.807) is 18.3 Å². The Morgan fingerprint density at radius 2 is 2.00 bits per heavy atom. The first-order chi connectivity index (χ1) is 12.1. The SMILES string of the molecule is CC(=O)c1sc(SCCc2ccccc2)c2c1nc1c(C)cccn12. The summed E-state index contributed by atoms with van der Waals surface area (Å²) >= 11 is 3.39. The highest BCUT2D eigenvalue weighted by Gasteiger charge is 2.20. The van der Waals surface area contributed by atoms with Gasteiger partial charge in [0.1, 0.15) is 11.2 Å². The summed E-state index contributed by atoms with van der Waals surface area (Å²) in [6.07, 6.45) is 3.05. The maximum absolute atomic E-state index is 12.1. The van der Waals surface area contributed by atoms with Gasteiger partial charge < -0.3 is 0 Å². The Hall–Kier alpha value is -2.11. The lowest BCUT2D eigenvalue weighted by atomic mass is 10.2. The fraction of sp³-hybridized carbons (Fsp3) is 0.200. The number of aryl methyl sites for hydroxylation is 2. The molecule has 3 nitrogen and oxygen atoms in total. The van der Waals surface area contributed by atoms with Gasteiger partial charge in [0.15, 0.2) is 5.78 Å². The van der Waals surface area contributed by atoms with E-state index in [1.807, 2.05) is 30.1 Å². The zero-order valence-corrected chi connectivity index (χ0v) is 15.8. The molecule has 25 heavy (non-hydrogen) atoms. The molecule has 0 amide bonds. The number of pyridine rings is 1. The van der Waals surface area contributed by atoms with Crippen molar-refractivity contribution in [1.29, 1.82) is 0 Å². The van der Waals surface area contributed by atoms with Crippen LogP contribution >= 0.6 is 23.1 Å². The molecule has 0 fully saturated rings. The molecule has 3 aromatic heterocycles. The first-order valence-corrected chi connectivity index (χ1v) is 10.0. The molecule has 0 radical (unpaired) electrons. The topological polar surface area (TPSA) is 34.4 Å². The van der Waals surface area contributed by atoms with Crippen LogP contribution in [-0.4, -0.2) is 20.9 Å². The number of ketones is 1. The minimum atomic E-state index is 0.0889. The summed E-state index contributed by atoms with van der Waals surface area (Å²) in [5.74, 6) is 1.07. The zero-order valence-electron chi connectivity index (χ0n) is 14.2. The fourth-order valence-electron chi connectivity index (χ4n) is 2.99. The molecule has 0 saturated carbocycles. The minimum Gasteiger partial charge on any atom is -0.298 e. The van der Waals surface area contributed by atoms with Crippen molar-refractivity contribution in [2.24, 2.45) is 0 Å². The minimum absolute atomic E-state index is 0.0889. The summed E-state index contributed by atoms with van der Waals surface area (Å²) in [5, 5.41) is 0. The van der Waals surface area contributed by atoms with Crippen molar-refractivity contribution in [2.75, 3.05) is 5.75 Å². The zero-order chi connectivity index (χ0) is 17.4. The van der Waals surface area contributed by atoms with Gasteiger partial charge in [0.25, 0.3) is 0 Å². The average Bonchev–Trinajstić information content (AvgIpc) is 3.15. The van der Waals surface area contributed by atoms with Crippen LogP contribution in [0.1, 0.15) is 27.7 Å². The van der Waals surface area contributed by atoms with Crippen molar-refractivity contribution in [3.63, 3.8) is 0 Å². The monoisotopic (exact) mass is 366 g/mol. The number of Topliss-reactive ketones (excluding diaryl/α,β-unsaturated/α-hetero) is 1. The highest BCUT2D eigenvalue weighted by molar-refractivity contribution is 8.01. The van der Waals surface area contributed by atoms with E-state index in [2.05, 4.69) is 41.7 Å². The summed E-state index contributed by atoms with van der Waals surface area (Å²) in [6.45, 7) is 3.68. The Balaban J connectivity index is 1.73. The highest BCUT2D eigenvalue weighted by Crippen LogP contribution is 2.39. The van der Waals surface area contributed by atoms with E-state index in [0.717, 1.165) is 39.3 Å². The van der Waals surface area contributed by atoms with Crippen LogP contribution in [0.2, 0.25) is 0 Å². The van der Waals surface area contributed by atoms with Gasteiger partial charge in [-0.25, -0.2) is 4.98 Å². The molecule has 4 rings (SSSR count). The van der Waals surface area contributed by atoms with Crippen molar-refractivity contribution >= 4 is 45.6 Å². The molecule has 0 aliphatic carbocycles. The molecule has 3 heterocycles. The predicted octanol–water partition coefficient (Wildman–Crippen LogP) is 5.39. The largest absolute Gasteiger partial charge is 0.298 e. The van der Waals surface area contributed by atoms with Crippen LogP contribution in [0.4, 0.5) is 0 Å². The van der Waals surface area contributed by atoms with Crippen LogP contribution < -0.4 is 0 Å². The number of hydrogen-bond donors (Lipinski definition) is 0. The Morgan fingerprint density at radius 1 is 1.20 bits per heavy atom. The van der Waals surface area contributed by atoms with Crippen molar-refractivity contribution in [3.8, 4) is 0 Å². The standard InChI is InChI=1S/C20H18N2OS2/c1-13-7-6-11-22-17-16(21-19(13)22)18(14(2)23)25-20(17)24-12-10-15-8-4-3-5-9-15/h3-9,11H,10,12H2,1-2H3. The van der Waals surface area contributed by atoms with Crippen LogP contribution in [-0.2, 0) is 6.42 Å². The summed E-state index contributed by atoms with van der Waals surface area (Å²) in [5.41, 5.74) is 5.32. The summed E-state index contributed by atoms with van der Waals surface area (Å²) in [4.78, 5) is 17.6. The van der Waals surface area contributed by atoms with Gasteiger partial charge in [-0.05, 0) is 30.5 Å². The Kier molecular flexibility index (Phi) is 4.36. The molecule has 126 valence electrons. The molecule has 0 unspecified atom stereocenters. The Morgan fingerprint density at radius 3 is 2.76 bits per heavy atom. The molecule has 0 aliphatic rings. The van der Waals surface area contributed by atoms with Gasteiger partial charge in [-0.15, -0.1) is 23.1 Å². The lowest BCUT2D eigenvalue weighted by Gasteiger charge is -2.02. The number of thioether (sulfide) groups is 1. The first kappa shape index (κ1) is 16.4. The Labute approximate surface area is 154 Å². The van der Waals surface area contributed by atoms with Gasteiger partial charge in [0, 0.05) is 18.9 Å². The molecular weight excluding hydrogens is 348 g/mol. The quantitative estimate of drug-likeness (QED) is 0.350. The molecule has 4 aromatic rings. The van der Waals surface area contributed by atoms with E-state index < -0.39 is 0 Å². The van der Waals surface area contributed by atoms with Gasteiger partial charge in [-0.3, -0.25) is 9.20 Å². The Bertz CT molecular complexity index is 1060. The van der Waals surface area contributed by atoms with Crippen LogP contribution in [0.5, 0.6) is 0 Å². The van der Waals surface area contributed by atoms with Crippen molar-refractivity contribution < 1.29 is 4.79 Å². The third-order valence-corrected chi connectivity index (χ3v) is 6.77. The maximum atomic E-state index is 12.1. The van der Waals surface area contributed by atoms with Crippen LogP contribution in [0.3, 0.4) is 0 Å². The molecule has 0 saturated heterocycles. The molecule has 5 heteroatoms. The van der Waals surface area contributed by atoms with E-state index in [0.29, 0.717) is 0 Å². The highest BCUT2D eigenvalue weighted by atomic mass is 32.2. The number of rotatable bonds is 5. The van der Waals surface area contributed by atoms with Crippen molar-refractivity contribution in [2.45, 2.75) is 24.5 Å². The number of benzene rings is 1. The fourth-order valence-corrected chi connectivity index (χ4v) is 5.44. The van der Waals surface area contributed by atoms with E-state index in [4.69, 9.17) is 4.98 Å². The second-order valence-electron chi connectivity index (χ2n) is 6.05. The van der Waals surface area contributed by atoms with E-state index in [1.165, 1.54) is 9.77 Å². The first-order valence-electron chi connectivity index (χ1n) is 8.23. The van der Waals surface area contributed by atoms with Crippen LogP contribution in [0.15, 0.2) is 52.9 Å². The number of thiophene rings is 1. The average molecular weight is 367 g/mol. The maximum Gasteiger partial charge on any atom is 0.172 e. The predicted molar refractivity (Wildman–Crippen MR) is 106 cm³/mol. The molecule has 0 aliphatic heterocycles. The second-order valence-corrected chi connectivity index (χ2v) is 8.44. The van der Waals surface area contributed by atoms with Gasteiger partial charge in [-0.2, -0.15) is 0 Å². The number of carbonyl (C=O) groups excluding carboxylic acids is 1. The lowest BCUT2D eigenvalue weighted by molar-refractivity contribution is 0.102. The molecule has 0 spiro atoms. The summed E-state index contributed by atoms with van der Waals surface area (Å²) in [7, 11) is 0. The van der Waals surface area contributed by atoms with E-state index >= 15 is 0 Å². The third-order valence-electron chi connectivity index (χ3n) is 4.23. The van der Waals surface area contributed by atoms with E-state index in [9.17, 15) is 4.79 Å². The normalized spacial score (nSPS) is 11.4. The third kappa shape index (κ3) is 2.98. The number of hydrogen-bond acceptors (Lipinski definition) is 4. The summed E-state index contributed by atoms with van der Waals surface area (Å²) in [6, 6.07) is 14.6. The van der Waals surface area contributed by atoms with E-state index in [-0.39, 0.29) is 5.78 Å². The number of imidazole rings is 1. The van der Waals surface area contributed by atoms with Crippen molar-refractivity contribution in [1.82, 2.24) is 9.38 Å². The van der Waals surface area contributed by atoms with Gasteiger partial charge in [-0.1, -0.05) is 36.4 Å². The molecular formula is C20H18N2OS2. The number of aromatic nitrogens is 2. The van der Waals surface area contributed by atoms with Crippen molar-refractivity contribution in [3.05, 3.63) is 64.7 Å². The number of carbonyl (C=O) groups is 1. The molecule has 1 aromatic carbocycles. The number of fused-ring (bicyclic) bond motifs is 3. The van der Waals surface area contributed by atoms with Gasteiger partial charge in [0.2, 0.25) is 0 Å². The van der Waals surface area contributed by atoms with Crippen LogP contribution in [0.25, 0.3) is 16.7 Å². The van der Waals surface area contributed by atoms with Gasteiger partial charge in [0.05, 0.1) is 14.6 Å².